The minimum Gasteiger partial charge on any atom is -0.398 e. The van der Waals surface area contributed by atoms with Crippen LogP contribution in [0.15, 0.2) is 66.6 Å². The van der Waals surface area contributed by atoms with Crippen LogP contribution >= 0.6 is 0 Å². The molecule has 0 aliphatic heterocycles. The van der Waals surface area contributed by atoms with Crippen molar-refractivity contribution in [1.29, 1.82) is 5.26 Å². The fourth-order valence-corrected chi connectivity index (χ4v) is 2.32. The molecule has 22 heavy (non-hydrogen) atoms. The molecule has 2 heterocycles. The normalized spacial score (nSPS) is 11.3. The van der Waals surface area contributed by atoms with Crippen molar-refractivity contribution in [2.75, 3.05) is 0 Å². The zero-order chi connectivity index (χ0) is 15.5. The average molecular weight is 286 g/mol. The zero-order valence-corrected chi connectivity index (χ0v) is 11.9. The van der Waals surface area contributed by atoms with Gasteiger partial charge < -0.3 is 10.7 Å². The molecular formula is C18H14N4. The van der Waals surface area contributed by atoms with Crippen LogP contribution in [-0.2, 0) is 0 Å². The van der Waals surface area contributed by atoms with Gasteiger partial charge in [-0.15, -0.1) is 0 Å². The van der Waals surface area contributed by atoms with E-state index in [-0.39, 0.29) is 5.70 Å². The Morgan fingerprint density at radius 2 is 2.05 bits per heavy atom. The van der Waals surface area contributed by atoms with E-state index in [1.807, 2.05) is 48.7 Å². The highest BCUT2D eigenvalue weighted by Crippen LogP contribution is 2.27. The molecule has 106 valence electrons. The maximum absolute atomic E-state index is 9.01. The smallest absolute Gasteiger partial charge is 0.137 e. The Morgan fingerprint density at radius 1 is 1.27 bits per heavy atom. The summed E-state index contributed by atoms with van der Waals surface area (Å²) in [6.07, 6.45) is 5.44. The predicted molar refractivity (Wildman–Crippen MR) is 88.4 cm³/mol. The monoisotopic (exact) mass is 286 g/mol. The van der Waals surface area contributed by atoms with Crippen molar-refractivity contribution in [1.82, 2.24) is 9.97 Å². The molecule has 0 radical (unpaired) electrons. The Bertz CT molecular complexity index is 908. The largest absolute Gasteiger partial charge is 0.398 e. The molecule has 0 fully saturated rings. The first-order valence-corrected chi connectivity index (χ1v) is 6.78. The standard InChI is InChI=1S/C18H14N4/c1-12(20)15(10-19)9-13-4-6-14(7-5-13)17-11-22-18-16(17)3-2-8-21-18/h2-9,11H,1,20H2,(H,21,22)/b15-9+. The molecule has 0 aliphatic rings. The molecule has 0 bridgehead atoms. The van der Waals surface area contributed by atoms with Gasteiger partial charge in [-0.3, -0.25) is 0 Å². The van der Waals surface area contributed by atoms with Gasteiger partial charge in [0.05, 0.1) is 5.57 Å². The summed E-state index contributed by atoms with van der Waals surface area (Å²) in [7, 11) is 0. The number of allylic oxidation sites excluding steroid dienone is 1. The quantitative estimate of drug-likeness (QED) is 0.570. The first kappa shape index (κ1) is 13.7. The van der Waals surface area contributed by atoms with Crippen LogP contribution in [0.4, 0.5) is 0 Å². The van der Waals surface area contributed by atoms with Gasteiger partial charge >= 0.3 is 0 Å². The molecule has 0 saturated carbocycles. The Balaban J connectivity index is 1.99. The molecule has 4 nitrogen and oxygen atoms in total. The van der Waals surface area contributed by atoms with Crippen LogP contribution in [0, 0.1) is 11.3 Å². The van der Waals surface area contributed by atoms with Gasteiger partial charge in [0.15, 0.2) is 0 Å². The number of fused-ring (bicyclic) bond motifs is 1. The molecule has 0 spiro atoms. The van der Waals surface area contributed by atoms with Crippen molar-refractivity contribution in [3.05, 3.63) is 72.2 Å². The summed E-state index contributed by atoms with van der Waals surface area (Å²) in [6, 6.07) is 13.9. The predicted octanol–water partition coefficient (Wildman–Crippen LogP) is 3.61. The lowest BCUT2D eigenvalue weighted by molar-refractivity contribution is 1.33. The molecule has 2 aromatic heterocycles. The average Bonchev–Trinajstić information content (AvgIpc) is 2.97. The van der Waals surface area contributed by atoms with E-state index in [0.29, 0.717) is 5.57 Å². The molecule has 4 heteroatoms. The lowest BCUT2D eigenvalue weighted by Crippen LogP contribution is -1.96. The van der Waals surface area contributed by atoms with Gasteiger partial charge in [0.25, 0.3) is 0 Å². The van der Waals surface area contributed by atoms with E-state index >= 15 is 0 Å². The van der Waals surface area contributed by atoms with Crippen molar-refractivity contribution < 1.29 is 0 Å². The SMILES string of the molecule is C=C(N)/C(C#N)=C/c1ccc(-c2c[nH]c3ncccc23)cc1. The van der Waals surface area contributed by atoms with Gasteiger partial charge in [0, 0.05) is 29.0 Å². The van der Waals surface area contributed by atoms with Gasteiger partial charge in [0.2, 0.25) is 0 Å². The van der Waals surface area contributed by atoms with Gasteiger partial charge in [-0.2, -0.15) is 5.26 Å². The topological polar surface area (TPSA) is 78.5 Å². The highest BCUT2D eigenvalue weighted by molar-refractivity contribution is 5.93. The highest BCUT2D eigenvalue weighted by atomic mass is 14.8. The first-order valence-electron chi connectivity index (χ1n) is 6.78. The van der Waals surface area contributed by atoms with Gasteiger partial charge in [-0.1, -0.05) is 30.8 Å². The number of hydrogen-bond donors (Lipinski definition) is 2. The molecule has 0 aliphatic carbocycles. The number of nitrogens with two attached hydrogens (primary N) is 1. The summed E-state index contributed by atoms with van der Waals surface area (Å²) in [5.74, 6) is 0. The molecule has 0 amide bonds. The summed E-state index contributed by atoms with van der Waals surface area (Å²) in [6.45, 7) is 3.59. The van der Waals surface area contributed by atoms with E-state index in [1.54, 1.807) is 12.3 Å². The van der Waals surface area contributed by atoms with Gasteiger partial charge in [0.1, 0.15) is 11.7 Å². The molecule has 1 aromatic carbocycles. The molecule has 3 aromatic rings. The van der Waals surface area contributed by atoms with Crippen molar-refractivity contribution in [3.8, 4) is 17.2 Å². The zero-order valence-electron chi connectivity index (χ0n) is 11.9. The van der Waals surface area contributed by atoms with Crippen molar-refractivity contribution in [2.24, 2.45) is 5.73 Å². The highest BCUT2D eigenvalue weighted by Gasteiger charge is 2.06. The van der Waals surface area contributed by atoms with E-state index in [1.165, 1.54) is 0 Å². The van der Waals surface area contributed by atoms with Crippen LogP contribution < -0.4 is 5.73 Å². The van der Waals surface area contributed by atoms with Crippen LogP contribution in [0.25, 0.3) is 28.2 Å². The van der Waals surface area contributed by atoms with E-state index in [9.17, 15) is 0 Å². The minimum atomic E-state index is 0.272. The lowest BCUT2D eigenvalue weighted by atomic mass is 10.0. The molecule has 3 N–H and O–H groups in total. The van der Waals surface area contributed by atoms with Crippen LogP contribution in [0.3, 0.4) is 0 Å². The summed E-state index contributed by atoms with van der Waals surface area (Å²) in [4.78, 5) is 7.45. The number of nitriles is 1. The first-order chi connectivity index (χ1) is 10.7. The number of rotatable bonds is 3. The van der Waals surface area contributed by atoms with Crippen molar-refractivity contribution in [3.63, 3.8) is 0 Å². The number of nitrogens with one attached hydrogen (secondary N) is 1. The second-order valence-corrected chi connectivity index (χ2v) is 4.92. The number of hydrogen-bond acceptors (Lipinski definition) is 3. The second kappa shape index (κ2) is 5.58. The number of H-pyrrole nitrogens is 1. The van der Waals surface area contributed by atoms with E-state index < -0.39 is 0 Å². The summed E-state index contributed by atoms with van der Waals surface area (Å²) in [5, 5.41) is 10.1. The number of benzene rings is 1. The lowest BCUT2D eigenvalue weighted by Gasteiger charge is -2.02. The molecule has 0 atom stereocenters. The summed E-state index contributed by atoms with van der Waals surface area (Å²) < 4.78 is 0. The van der Waals surface area contributed by atoms with Gasteiger partial charge in [-0.05, 0) is 29.3 Å². The Hall–Kier alpha value is -3.32. The third-order valence-corrected chi connectivity index (χ3v) is 3.45. The van der Waals surface area contributed by atoms with Crippen LogP contribution in [0.5, 0.6) is 0 Å². The molecule has 0 saturated heterocycles. The van der Waals surface area contributed by atoms with Crippen LogP contribution in [-0.4, -0.2) is 9.97 Å². The van der Waals surface area contributed by atoms with Crippen molar-refractivity contribution >= 4 is 17.1 Å². The molecule has 3 rings (SSSR count). The summed E-state index contributed by atoms with van der Waals surface area (Å²) in [5.41, 5.74) is 10.2. The van der Waals surface area contributed by atoms with E-state index in [0.717, 1.165) is 27.7 Å². The number of aromatic nitrogens is 2. The van der Waals surface area contributed by atoms with E-state index in [4.69, 9.17) is 11.0 Å². The minimum absolute atomic E-state index is 0.272. The number of aromatic amines is 1. The Morgan fingerprint density at radius 3 is 2.73 bits per heavy atom. The fourth-order valence-electron chi connectivity index (χ4n) is 2.32. The second-order valence-electron chi connectivity index (χ2n) is 4.92. The van der Waals surface area contributed by atoms with E-state index in [2.05, 4.69) is 16.5 Å². The molecule has 0 unspecified atom stereocenters. The van der Waals surface area contributed by atoms with Crippen molar-refractivity contribution in [2.45, 2.75) is 0 Å². The number of nitrogens with zero attached hydrogens (tertiary/aromatic N) is 2. The van der Waals surface area contributed by atoms with Crippen LogP contribution in [0.1, 0.15) is 5.56 Å². The third-order valence-electron chi connectivity index (χ3n) is 3.45. The Labute approximate surface area is 128 Å². The van der Waals surface area contributed by atoms with Gasteiger partial charge in [-0.25, -0.2) is 4.98 Å². The molecular weight excluding hydrogens is 272 g/mol. The fraction of sp³-hybridized carbons (Fsp3) is 0. The maximum atomic E-state index is 9.01. The Kier molecular flexibility index (Phi) is 3.47. The summed E-state index contributed by atoms with van der Waals surface area (Å²) >= 11 is 0. The van der Waals surface area contributed by atoms with Crippen LogP contribution in [0.2, 0.25) is 0 Å². The third kappa shape index (κ3) is 2.48. The number of pyridine rings is 1. The maximum Gasteiger partial charge on any atom is 0.137 e.